The van der Waals surface area contributed by atoms with Crippen LogP contribution in [0.3, 0.4) is 0 Å². The first-order valence-corrected chi connectivity index (χ1v) is 14.4. The second kappa shape index (κ2) is 20.3. The van der Waals surface area contributed by atoms with Crippen molar-refractivity contribution in [3.05, 3.63) is 83.5 Å². The minimum absolute atomic E-state index is 0.0234. The average Bonchev–Trinajstić information content (AvgIpc) is 2.98. The van der Waals surface area contributed by atoms with Crippen molar-refractivity contribution in [1.29, 1.82) is 0 Å². The van der Waals surface area contributed by atoms with Gasteiger partial charge in [-0.25, -0.2) is 4.79 Å². The van der Waals surface area contributed by atoms with Crippen LogP contribution in [0, 0.1) is 0 Å². The Hall–Kier alpha value is -3.62. The fraction of sp³-hybridized carbons (Fsp3) is 0.455. The molecule has 3 rings (SSSR count). The van der Waals surface area contributed by atoms with Gasteiger partial charge in [-0.05, 0) is 56.9 Å². The lowest BCUT2D eigenvalue weighted by Gasteiger charge is -2.19. The summed E-state index contributed by atoms with van der Waals surface area (Å²) < 4.78 is 28.3. The van der Waals surface area contributed by atoms with Crippen LogP contribution in [0.15, 0.2) is 71.9 Å². The Morgan fingerprint density at radius 1 is 0.927 bits per heavy atom. The lowest BCUT2D eigenvalue weighted by molar-refractivity contribution is 0.0161. The number of carbonyl (C=O) groups is 1. The van der Waals surface area contributed by atoms with Gasteiger partial charge >= 0.3 is 5.97 Å². The highest BCUT2D eigenvalue weighted by Crippen LogP contribution is 2.31. The van der Waals surface area contributed by atoms with E-state index in [1.165, 1.54) is 0 Å². The number of allylic oxidation sites excluding steroid dienone is 3. The predicted octanol–water partition coefficient (Wildman–Crippen LogP) is 7.42. The molecule has 8 nitrogen and oxygen atoms in total. The van der Waals surface area contributed by atoms with E-state index in [2.05, 4.69) is 17.3 Å². The number of rotatable bonds is 11. The maximum Gasteiger partial charge on any atom is 0.342 e. The van der Waals surface area contributed by atoms with Gasteiger partial charge in [-0.3, -0.25) is 0 Å². The molecule has 1 atom stereocenters. The Morgan fingerprint density at radius 3 is 2.37 bits per heavy atom. The van der Waals surface area contributed by atoms with Crippen LogP contribution in [-0.4, -0.2) is 44.6 Å². The summed E-state index contributed by atoms with van der Waals surface area (Å²) in [4.78, 5) is 19.2. The zero-order chi connectivity index (χ0) is 29.7. The number of benzene rings is 2. The lowest BCUT2D eigenvalue weighted by Crippen LogP contribution is -2.19. The molecule has 0 fully saturated rings. The number of fused-ring (bicyclic) bond motifs is 1. The first-order valence-electron chi connectivity index (χ1n) is 14.4. The molecule has 2 aromatic rings. The molecular formula is C33H45NO7. The molecule has 0 radical (unpaired) electrons. The maximum absolute atomic E-state index is 13.5. The molecule has 2 aromatic carbocycles. The highest BCUT2D eigenvalue weighted by atomic mass is 16.7. The summed E-state index contributed by atoms with van der Waals surface area (Å²) in [5.41, 5.74) is 2.59. The van der Waals surface area contributed by atoms with E-state index >= 15 is 0 Å². The van der Waals surface area contributed by atoms with E-state index in [4.69, 9.17) is 28.5 Å². The molecule has 0 saturated heterocycles. The van der Waals surface area contributed by atoms with E-state index in [9.17, 15) is 4.79 Å². The van der Waals surface area contributed by atoms with Gasteiger partial charge in [-0.1, -0.05) is 67.6 Å². The van der Waals surface area contributed by atoms with Crippen LogP contribution in [0.5, 0.6) is 11.5 Å². The van der Waals surface area contributed by atoms with Gasteiger partial charge in [0, 0.05) is 32.1 Å². The zero-order valence-electron chi connectivity index (χ0n) is 25.1. The zero-order valence-corrected chi connectivity index (χ0v) is 25.1. The number of hydrogen-bond donors (Lipinski definition) is 0. The van der Waals surface area contributed by atoms with Crippen molar-refractivity contribution in [3.63, 3.8) is 0 Å². The van der Waals surface area contributed by atoms with Gasteiger partial charge in [-0.2, -0.15) is 0 Å². The number of hydrogen-bond acceptors (Lipinski definition) is 8. The monoisotopic (exact) mass is 567 g/mol. The molecule has 0 amide bonds. The Labute approximate surface area is 244 Å². The third-order valence-electron chi connectivity index (χ3n) is 5.76. The predicted molar refractivity (Wildman–Crippen MR) is 161 cm³/mol. The van der Waals surface area contributed by atoms with Crippen molar-refractivity contribution < 1.29 is 33.3 Å². The highest BCUT2D eigenvalue weighted by Gasteiger charge is 2.24. The summed E-state index contributed by atoms with van der Waals surface area (Å²) in [7, 11) is 0. The van der Waals surface area contributed by atoms with Crippen molar-refractivity contribution >= 4 is 11.7 Å². The molecule has 1 aliphatic heterocycles. The smallest absolute Gasteiger partial charge is 0.342 e. The lowest BCUT2D eigenvalue weighted by atomic mass is 9.99. The summed E-state index contributed by atoms with van der Waals surface area (Å²) in [6.45, 7) is 11.0. The minimum atomic E-state index is -0.487. The Bertz CT molecular complexity index is 1110. The summed E-state index contributed by atoms with van der Waals surface area (Å²) in [5, 5.41) is 4.43. The molecule has 0 aromatic heterocycles. The van der Waals surface area contributed by atoms with E-state index in [0.717, 1.165) is 18.4 Å². The molecule has 1 heterocycles. The maximum atomic E-state index is 13.5. The SMILES string of the molecule is CC.CCOCOc1cc2c(c(OCOCC)c1)C(=O)O[C@H](C)C/C=C/CC/C=C/C(=N\OCc1ccccc1)C2. The standard InChI is InChI=1S/C31H39NO7.C2H6/c1-4-34-22-36-28-19-26-18-27(32-38-21-25-15-11-9-12-16-25)17-13-8-6-7-10-14-24(3)39-31(33)30(26)29(20-28)37-23-35-5-2;1-2/h7,9-13,15-17,19-20,24H,4-6,8,14,18,21-23H2,1-3H3;1-2H3/b10-7+,17-13+,32-27+;/t24-;/m1./s1. The topological polar surface area (TPSA) is 84.8 Å². The Morgan fingerprint density at radius 2 is 1.63 bits per heavy atom. The molecule has 1 aliphatic rings. The molecule has 8 heteroatoms. The van der Waals surface area contributed by atoms with Crippen LogP contribution in [0.4, 0.5) is 0 Å². The fourth-order valence-electron chi connectivity index (χ4n) is 3.78. The van der Waals surface area contributed by atoms with Crippen molar-refractivity contribution in [2.24, 2.45) is 5.16 Å². The third kappa shape index (κ3) is 12.6. The Kier molecular flexibility index (Phi) is 16.6. The number of oxime groups is 1. The molecule has 0 unspecified atom stereocenters. The van der Waals surface area contributed by atoms with Crippen molar-refractivity contribution in [2.45, 2.75) is 73.0 Å². The van der Waals surface area contributed by atoms with E-state index in [0.29, 0.717) is 54.6 Å². The molecule has 224 valence electrons. The molecule has 0 spiro atoms. The molecule has 0 N–H and O–H groups in total. The number of nitrogens with zero attached hydrogens (tertiary/aromatic N) is 1. The number of esters is 1. The normalized spacial score (nSPS) is 18.1. The molecule has 0 aliphatic carbocycles. The number of carbonyl (C=O) groups excluding carboxylic acids is 1. The largest absolute Gasteiger partial charge is 0.467 e. The summed E-state index contributed by atoms with van der Waals surface area (Å²) in [5.74, 6) is 0.312. The fourth-order valence-corrected chi connectivity index (χ4v) is 3.78. The van der Waals surface area contributed by atoms with E-state index in [1.54, 1.807) is 12.1 Å². The van der Waals surface area contributed by atoms with Crippen molar-refractivity contribution in [3.8, 4) is 11.5 Å². The first kappa shape index (κ1) is 33.6. The van der Waals surface area contributed by atoms with Gasteiger partial charge in [0.2, 0.25) is 0 Å². The van der Waals surface area contributed by atoms with Crippen LogP contribution in [0.25, 0.3) is 0 Å². The van der Waals surface area contributed by atoms with Gasteiger partial charge in [0.25, 0.3) is 0 Å². The van der Waals surface area contributed by atoms with E-state index in [1.807, 2.05) is 77.1 Å². The van der Waals surface area contributed by atoms with Gasteiger partial charge in [0.05, 0.1) is 5.71 Å². The van der Waals surface area contributed by atoms with Gasteiger partial charge < -0.3 is 28.5 Å². The second-order valence-corrected chi connectivity index (χ2v) is 8.89. The quantitative estimate of drug-likeness (QED) is 0.0918. The van der Waals surface area contributed by atoms with E-state index < -0.39 is 5.97 Å². The third-order valence-corrected chi connectivity index (χ3v) is 5.76. The summed E-state index contributed by atoms with van der Waals surface area (Å²) >= 11 is 0. The van der Waals surface area contributed by atoms with Crippen LogP contribution in [-0.2, 0) is 32.1 Å². The Balaban J connectivity index is 0.00000287. The summed E-state index contributed by atoms with van der Waals surface area (Å²) in [6.07, 6.45) is 10.4. The molecule has 0 bridgehead atoms. The average molecular weight is 568 g/mol. The van der Waals surface area contributed by atoms with Gasteiger partial charge in [0.15, 0.2) is 13.6 Å². The highest BCUT2D eigenvalue weighted by molar-refractivity contribution is 6.00. The second-order valence-electron chi connectivity index (χ2n) is 8.89. The molecule has 0 saturated carbocycles. The van der Waals surface area contributed by atoms with Gasteiger partial charge in [-0.15, -0.1) is 0 Å². The molecule has 41 heavy (non-hydrogen) atoms. The minimum Gasteiger partial charge on any atom is -0.467 e. The van der Waals surface area contributed by atoms with E-state index in [-0.39, 0.29) is 26.1 Å². The summed E-state index contributed by atoms with van der Waals surface area (Å²) in [6, 6.07) is 13.3. The van der Waals surface area contributed by atoms with Crippen LogP contribution >= 0.6 is 0 Å². The molecular weight excluding hydrogens is 522 g/mol. The van der Waals surface area contributed by atoms with Gasteiger partial charge in [0.1, 0.15) is 29.8 Å². The van der Waals surface area contributed by atoms with Crippen molar-refractivity contribution in [1.82, 2.24) is 0 Å². The van der Waals surface area contributed by atoms with Crippen molar-refractivity contribution in [2.75, 3.05) is 26.8 Å². The van der Waals surface area contributed by atoms with Crippen LogP contribution in [0.1, 0.15) is 75.4 Å². The first-order chi connectivity index (χ1) is 20.1. The van der Waals surface area contributed by atoms with Crippen LogP contribution < -0.4 is 9.47 Å². The number of cyclic esters (lactones) is 1. The number of ether oxygens (including phenoxy) is 5. The van der Waals surface area contributed by atoms with Crippen LogP contribution in [0.2, 0.25) is 0 Å².